The van der Waals surface area contributed by atoms with Crippen molar-refractivity contribution in [3.63, 3.8) is 0 Å². The van der Waals surface area contributed by atoms with Gasteiger partial charge in [0, 0.05) is 24.2 Å². The number of benzene rings is 1. The van der Waals surface area contributed by atoms with Crippen molar-refractivity contribution in [2.24, 2.45) is 0 Å². The number of hydrogen-bond donors (Lipinski definition) is 1. The molecule has 29 heavy (non-hydrogen) atoms. The van der Waals surface area contributed by atoms with Gasteiger partial charge in [-0.3, -0.25) is 15.0 Å². The Morgan fingerprint density at radius 2 is 2.03 bits per heavy atom. The summed E-state index contributed by atoms with van der Waals surface area (Å²) in [6, 6.07) is 4.88. The summed E-state index contributed by atoms with van der Waals surface area (Å²) in [7, 11) is 0. The second-order valence-electron chi connectivity index (χ2n) is 7.89. The van der Waals surface area contributed by atoms with Crippen molar-refractivity contribution < 1.29 is 14.5 Å². The van der Waals surface area contributed by atoms with E-state index in [-0.39, 0.29) is 24.1 Å². The molecule has 1 aromatic carbocycles. The van der Waals surface area contributed by atoms with Crippen LogP contribution in [0.25, 0.3) is 0 Å². The van der Waals surface area contributed by atoms with E-state index in [4.69, 9.17) is 16.3 Å². The molecular formula is C19H22ClN5O4. The first kappa shape index (κ1) is 20.8. The number of nitro groups is 1. The number of anilines is 1. The second kappa shape index (κ2) is 7.82. The molecule has 0 radical (unpaired) electrons. The number of carbonyl (C=O) groups is 1. The number of non-ortho nitro benzene ring substituents is 1. The Morgan fingerprint density at radius 3 is 2.69 bits per heavy atom. The predicted octanol–water partition coefficient (Wildman–Crippen LogP) is 4.21. The van der Waals surface area contributed by atoms with E-state index in [9.17, 15) is 14.9 Å². The number of carbonyl (C=O) groups excluding carboxylic acids is 1. The number of hydrogen-bond acceptors (Lipinski definition) is 7. The molecule has 154 valence electrons. The minimum atomic E-state index is -0.601. The van der Waals surface area contributed by atoms with Crippen LogP contribution in [0, 0.1) is 17.0 Å². The molecule has 1 aliphatic rings. The van der Waals surface area contributed by atoms with Crippen LogP contribution in [0.5, 0.6) is 0 Å². The van der Waals surface area contributed by atoms with Crippen molar-refractivity contribution >= 4 is 29.2 Å². The Labute approximate surface area is 173 Å². The average Bonchev–Trinajstić information content (AvgIpc) is 3.01. The van der Waals surface area contributed by atoms with Gasteiger partial charge in [-0.25, -0.2) is 14.8 Å². The minimum absolute atomic E-state index is 0.0313. The molecule has 0 saturated heterocycles. The standard InChI is InChI=1S/C19H22ClN5O4/c1-11-5-12(7-13(6-11)25(27)28)8-21-16-14-9-24(18(26)29-19(2,3)4)10-15(14)22-17(20)23-16/h5-7H,8-10H2,1-4H3,(H,21,22,23). The number of amides is 1. The van der Waals surface area contributed by atoms with Gasteiger partial charge in [0.25, 0.3) is 5.69 Å². The summed E-state index contributed by atoms with van der Waals surface area (Å²) in [5.74, 6) is 0.496. The molecule has 2 aromatic rings. The van der Waals surface area contributed by atoms with Gasteiger partial charge in [0.2, 0.25) is 5.28 Å². The van der Waals surface area contributed by atoms with Crippen LogP contribution in [0.15, 0.2) is 18.2 Å². The highest BCUT2D eigenvalue weighted by molar-refractivity contribution is 6.28. The van der Waals surface area contributed by atoms with E-state index >= 15 is 0 Å². The van der Waals surface area contributed by atoms with Gasteiger partial charge in [-0.15, -0.1) is 0 Å². The van der Waals surface area contributed by atoms with Crippen molar-refractivity contribution in [2.45, 2.75) is 52.9 Å². The fraction of sp³-hybridized carbons (Fsp3) is 0.421. The zero-order valence-electron chi connectivity index (χ0n) is 16.7. The molecule has 0 aliphatic carbocycles. The summed E-state index contributed by atoms with van der Waals surface area (Å²) in [4.78, 5) is 33.0. The van der Waals surface area contributed by atoms with E-state index in [1.165, 1.54) is 17.0 Å². The maximum atomic E-state index is 12.4. The van der Waals surface area contributed by atoms with Crippen LogP contribution in [0.4, 0.5) is 16.3 Å². The lowest BCUT2D eigenvalue weighted by molar-refractivity contribution is -0.385. The minimum Gasteiger partial charge on any atom is -0.444 e. The highest BCUT2D eigenvalue weighted by atomic mass is 35.5. The van der Waals surface area contributed by atoms with Crippen LogP contribution in [0.1, 0.15) is 43.2 Å². The molecule has 0 bridgehead atoms. The van der Waals surface area contributed by atoms with Crippen LogP contribution in [0.3, 0.4) is 0 Å². The first-order valence-electron chi connectivity index (χ1n) is 9.04. The fourth-order valence-electron chi connectivity index (χ4n) is 3.06. The maximum absolute atomic E-state index is 12.4. The van der Waals surface area contributed by atoms with E-state index in [0.717, 1.165) is 16.7 Å². The lowest BCUT2D eigenvalue weighted by atomic mass is 10.1. The van der Waals surface area contributed by atoms with Crippen molar-refractivity contribution in [1.82, 2.24) is 14.9 Å². The summed E-state index contributed by atoms with van der Waals surface area (Å²) in [5.41, 5.74) is 2.36. The quantitative estimate of drug-likeness (QED) is 0.449. The predicted molar refractivity (Wildman–Crippen MR) is 108 cm³/mol. The Hall–Kier alpha value is -2.94. The molecule has 1 aliphatic heterocycles. The van der Waals surface area contributed by atoms with E-state index in [1.807, 2.05) is 6.07 Å². The van der Waals surface area contributed by atoms with Gasteiger partial charge in [0.1, 0.15) is 11.4 Å². The van der Waals surface area contributed by atoms with Gasteiger partial charge in [-0.05, 0) is 50.4 Å². The van der Waals surface area contributed by atoms with Crippen LogP contribution in [-0.4, -0.2) is 31.5 Å². The third-order valence-corrected chi connectivity index (χ3v) is 4.37. The summed E-state index contributed by atoms with van der Waals surface area (Å²) in [5, 5.41) is 14.3. The van der Waals surface area contributed by atoms with Gasteiger partial charge in [0.15, 0.2) is 0 Å². The van der Waals surface area contributed by atoms with E-state index in [2.05, 4.69) is 15.3 Å². The molecule has 0 unspecified atom stereocenters. The van der Waals surface area contributed by atoms with Crippen LogP contribution in [-0.2, 0) is 24.4 Å². The number of aromatic nitrogens is 2. The molecule has 9 nitrogen and oxygen atoms in total. The van der Waals surface area contributed by atoms with Gasteiger partial charge in [0.05, 0.1) is 23.7 Å². The number of ether oxygens (including phenoxy) is 1. The Morgan fingerprint density at radius 1 is 1.31 bits per heavy atom. The number of rotatable bonds is 4. The molecule has 10 heteroatoms. The van der Waals surface area contributed by atoms with Crippen molar-refractivity contribution in [3.05, 3.63) is 56.0 Å². The monoisotopic (exact) mass is 419 g/mol. The smallest absolute Gasteiger partial charge is 0.410 e. The summed E-state index contributed by atoms with van der Waals surface area (Å²) in [6.45, 7) is 8.09. The topological polar surface area (TPSA) is 110 Å². The lowest BCUT2D eigenvalue weighted by Gasteiger charge is -2.24. The van der Waals surface area contributed by atoms with Gasteiger partial charge in [-0.2, -0.15) is 0 Å². The Kier molecular flexibility index (Phi) is 5.61. The fourth-order valence-corrected chi connectivity index (χ4v) is 3.25. The van der Waals surface area contributed by atoms with Crippen LogP contribution >= 0.6 is 11.6 Å². The zero-order chi connectivity index (χ0) is 21.3. The third kappa shape index (κ3) is 5.11. The van der Waals surface area contributed by atoms with Crippen LogP contribution in [0.2, 0.25) is 5.28 Å². The molecule has 0 atom stereocenters. The SMILES string of the molecule is Cc1cc(CNc2nc(Cl)nc3c2CN(C(=O)OC(C)(C)C)C3)cc([N+](=O)[O-])c1. The normalized spacial score (nSPS) is 13.2. The molecule has 2 heterocycles. The molecule has 0 spiro atoms. The summed E-state index contributed by atoms with van der Waals surface area (Å²) in [6.07, 6.45) is -0.438. The van der Waals surface area contributed by atoms with Crippen molar-refractivity contribution in [3.8, 4) is 0 Å². The number of nitrogens with zero attached hydrogens (tertiary/aromatic N) is 4. The number of fused-ring (bicyclic) bond motifs is 1. The molecule has 0 saturated carbocycles. The first-order chi connectivity index (χ1) is 13.5. The molecule has 1 N–H and O–H groups in total. The second-order valence-corrected chi connectivity index (χ2v) is 8.23. The third-order valence-electron chi connectivity index (χ3n) is 4.20. The largest absolute Gasteiger partial charge is 0.444 e. The molecular weight excluding hydrogens is 398 g/mol. The number of nitrogens with one attached hydrogen (secondary N) is 1. The highest BCUT2D eigenvalue weighted by Gasteiger charge is 2.31. The van der Waals surface area contributed by atoms with Crippen LogP contribution < -0.4 is 5.32 Å². The number of nitro benzene ring substituents is 1. The number of halogens is 1. The van der Waals surface area contributed by atoms with Crippen molar-refractivity contribution in [2.75, 3.05) is 5.32 Å². The zero-order valence-corrected chi connectivity index (χ0v) is 17.4. The van der Waals surface area contributed by atoms with E-state index in [1.54, 1.807) is 27.7 Å². The van der Waals surface area contributed by atoms with Crippen molar-refractivity contribution in [1.29, 1.82) is 0 Å². The number of aryl methyl sites for hydroxylation is 1. The maximum Gasteiger partial charge on any atom is 0.410 e. The molecule has 0 fully saturated rings. The Bertz CT molecular complexity index is 974. The molecule has 1 aromatic heterocycles. The van der Waals surface area contributed by atoms with E-state index in [0.29, 0.717) is 18.1 Å². The summed E-state index contributed by atoms with van der Waals surface area (Å²) >= 11 is 6.05. The summed E-state index contributed by atoms with van der Waals surface area (Å²) < 4.78 is 5.42. The van der Waals surface area contributed by atoms with E-state index < -0.39 is 16.6 Å². The Balaban J connectivity index is 1.78. The first-order valence-corrected chi connectivity index (χ1v) is 9.41. The highest BCUT2D eigenvalue weighted by Crippen LogP contribution is 2.30. The lowest BCUT2D eigenvalue weighted by Crippen LogP contribution is -2.33. The molecule has 1 amide bonds. The van der Waals surface area contributed by atoms with Gasteiger partial charge in [-0.1, -0.05) is 6.07 Å². The average molecular weight is 420 g/mol. The van der Waals surface area contributed by atoms with Gasteiger partial charge < -0.3 is 10.1 Å². The van der Waals surface area contributed by atoms with Gasteiger partial charge >= 0.3 is 6.09 Å². The molecule has 3 rings (SSSR count).